The first kappa shape index (κ1) is 11.7. The van der Waals surface area contributed by atoms with Crippen LogP contribution in [-0.2, 0) is 6.42 Å². The van der Waals surface area contributed by atoms with E-state index in [1.165, 1.54) is 23.8 Å². The fourth-order valence-corrected chi connectivity index (χ4v) is 2.36. The zero-order valence-electron chi connectivity index (χ0n) is 10.9. The van der Waals surface area contributed by atoms with Gasteiger partial charge in [0.1, 0.15) is 0 Å². The van der Waals surface area contributed by atoms with Gasteiger partial charge in [0, 0.05) is 17.6 Å². The molecule has 1 saturated carbocycles. The summed E-state index contributed by atoms with van der Waals surface area (Å²) in [6.45, 7) is 3.43. The monoisotopic (exact) mass is 240 g/mol. The maximum Gasteiger partial charge on any atom is 0.0702 e. The Kier molecular flexibility index (Phi) is 3.28. The van der Waals surface area contributed by atoms with E-state index < -0.39 is 0 Å². The van der Waals surface area contributed by atoms with Gasteiger partial charge >= 0.3 is 0 Å². The van der Waals surface area contributed by atoms with Gasteiger partial charge < -0.3 is 5.32 Å². The van der Waals surface area contributed by atoms with Gasteiger partial charge in [-0.25, -0.2) is 0 Å². The minimum Gasteiger partial charge on any atom is -0.314 e. The topological polar surface area (TPSA) is 24.9 Å². The van der Waals surface area contributed by atoms with Crippen LogP contribution in [0.25, 0.3) is 10.9 Å². The molecular weight excluding hydrogens is 220 g/mol. The smallest absolute Gasteiger partial charge is 0.0702 e. The fraction of sp³-hybridized carbons (Fsp3) is 0.438. The predicted octanol–water partition coefficient (Wildman–Crippen LogP) is 3.17. The molecule has 1 N–H and O–H groups in total. The van der Waals surface area contributed by atoms with Crippen LogP contribution in [0.15, 0.2) is 36.5 Å². The molecule has 94 valence electrons. The van der Waals surface area contributed by atoms with Crippen molar-refractivity contribution in [1.29, 1.82) is 0 Å². The van der Waals surface area contributed by atoms with Gasteiger partial charge in [0.25, 0.3) is 0 Å². The minimum absolute atomic E-state index is 0.675. The zero-order chi connectivity index (χ0) is 12.4. The summed E-state index contributed by atoms with van der Waals surface area (Å²) in [5.74, 6) is 0.675. The van der Waals surface area contributed by atoms with Crippen molar-refractivity contribution in [3.05, 3.63) is 42.1 Å². The second-order valence-electron chi connectivity index (χ2n) is 5.53. The molecule has 1 aromatic carbocycles. The summed E-state index contributed by atoms with van der Waals surface area (Å²) in [5.41, 5.74) is 2.43. The fourth-order valence-electron chi connectivity index (χ4n) is 2.36. The Bertz CT molecular complexity index is 531. The SMILES string of the molecule is CC(CNC1CC1)Cc1cnc2ccccc2c1. The van der Waals surface area contributed by atoms with E-state index in [1.807, 2.05) is 12.3 Å². The number of hydrogen-bond donors (Lipinski definition) is 1. The third-order valence-corrected chi connectivity index (χ3v) is 3.56. The first-order valence-electron chi connectivity index (χ1n) is 6.88. The molecule has 1 aromatic heterocycles. The van der Waals surface area contributed by atoms with Crippen LogP contribution in [0.4, 0.5) is 0 Å². The first-order valence-corrected chi connectivity index (χ1v) is 6.88. The second-order valence-corrected chi connectivity index (χ2v) is 5.53. The molecule has 1 aliphatic carbocycles. The lowest BCUT2D eigenvalue weighted by molar-refractivity contribution is 0.509. The molecule has 1 aliphatic rings. The van der Waals surface area contributed by atoms with Crippen molar-refractivity contribution in [2.24, 2.45) is 5.92 Å². The van der Waals surface area contributed by atoms with Crippen LogP contribution in [0.5, 0.6) is 0 Å². The summed E-state index contributed by atoms with van der Waals surface area (Å²) in [6, 6.07) is 11.4. The van der Waals surface area contributed by atoms with Gasteiger partial charge in [0.2, 0.25) is 0 Å². The average Bonchev–Trinajstić information content (AvgIpc) is 3.20. The minimum atomic E-state index is 0.675. The van der Waals surface area contributed by atoms with Crippen LogP contribution in [0.3, 0.4) is 0 Å². The number of hydrogen-bond acceptors (Lipinski definition) is 2. The molecule has 2 nitrogen and oxygen atoms in total. The Morgan fingerprint density at radius 1 is 1.33 bits per heavy atom. The van der Waals surface area contributed by atoms with Crippen LogP contribution in [-0.4, -0.2) is 17.6 Å². The Balaban J connectivity index is 1.65. The van der Waals surface area contributed by atoms with E-state index >= 15 is 0 Å². The van der Waals surface area contributed by atoms with Crippen molar-refractivity contribution in [2.45, 2.75) is 32.2 Å². The molecule has 0 radical (unpaired) electrons. The van der Waals surface area contributed by atoms with E-state index in [9.17, 15) is 0 Å². The van der Waals surface area contributed by atoms with Crippen molar-refractivity contribution in [1.82, 2.24) is 10.3 Å². The van der Waals surface area contributed by atoms with E-state index in [0.717, 1.165) is 24.5 Å². The molecular formula is C16H20N2. The van der Waals surface area contributed by atoms with Crippen molar-refractivity contribution in [2.75, 3.05) is 6.54 Å². The van der Waals surface area contributed by atoms with Crippen LogP contribution in [0, 0.1) is 5.92 Å². The summed E-state index contributed by atoms with van der Waals surface area (Å²) in [6.07, 6.45) is 5.86. The van der Waals surface area contributed by atoms with Crippen LogP contribution < -0.4 is 5.32 Å². The zero-order valence-corrected chi connectivity index (χ0v) is 10.9. The van der Waals surface area contributed by atoms with Crippen LogP contribution >= 0.6 is 0 Å². The normalized spacial score (nSPS) is 16.9. The standard InChI is InChI=1S/C16H20N2/c1-12(10-17-15-6-7-15)8-13-9-14-4-2-3-5-16(14)18-11-13/h2-5,9,11-12,15,17H,6-8,10H2,1H3. The molecule has 18 heavy (non-hydrogen) atoms. The number of nitrogens with one attached hydrogen (secondary N) is 1. The lowest BCUT2D eigenvalue weighted by atomic mass is 10.0. The number of nitrogens with zero attached hydrogens (tertiary/aromatic N) is 1. The summed E-state index contributed by atoms with van der Waals surface area (Å²) < 4.78 is 0. The molecule has 1 fully saturated rings. The molecule has 1 atom stereocenters. The molecule has 1 unspecified atom stereocenters. The van der Waals surface area contributed by atoms with Gasteiger partial charge in [-0.05, 0) is 49.4 Å². The number of para-hydroxylation sites is 1. The van der Waals surface area contributed by atoms with E-state index in [2.05, 4.69) is 41.5 Å². The Morgan fingerprint density at radius 3 is 3.00 bits per heavy atom. The molecule has 3 rings (SSSR count). The number of fused-ring (bicyclic) bond motifs is 1. The van der Waals surface area contributed by atoms with Crippen molar-refractivity contribution < 1.29 is 0 Å². The molecule has 1 heterocycles. The molecule has 2 aromatic rings. The average molecular weight is 240 g/mol. The number of rotatable bonds is 5. The highest BCUT2D eigenvalue weighted by molar-refractivity contribution is 5.78. The van der Waals surface area contributed by atoms with Crippen molar-refractivity contribution >= 4 is 10.9 Å². The maximum absolute atomic E-state index is 4.52. The summed E-state index contributed by atoms with van der Waals surface area (Å²) >= 11 is 0. The van der Waals surface area contributed by atoms with Gasteiger partial charge in [-0.15, -0.1) is 0 Å². The summed E-state index contributed by atoms with van der Waals surface area (Å²) in [7, 11) is 0. The third-order valence-electron chi connectivity index (χ3n) is 3.56. The highest BCUT2D eigenvalue weighted by atomic mass is 14.9. The molecule has 2 heteroatoms. The Morgan fingerprint density at radius 2 is 2.17 bits per heavy atom. The highest BCUT2D eigenvalue weighted by Crippen LogP contribution is 2.20. The number of aromatic nitrogens is 1. The maximum atomic E-state index is 4.52. The number of pyridine rings is 1. The van der Waals surface area contributed by atoms with Gasteiger partial charge in [0.05, 0.1) is 5.52 Å². The summed E-state index contributed by atoms with van der Waals surface area (Å²) in [5, 5.41) is 4.84. The number of benzene rings is 1. The predicted molar refractivity (Wildman–Crippen MR) is 75.6 cm³/mol. The van der Waals surface area contributed by atoms with Gasteiger partial charge in [-0.1, -0.05) is 25.1 Å². The highest BCUT2D eigenvalue weighted by Gasteiger charge is 2.20. The first-order chi connectivity index (χ1) is 8.81. The largest absolute Gasteiger partial charge is 0.314 e. The van der Waals surface area contributed by atoms with E-state index in [4.69, 9.17) is 0 Å². The second kappa shape index (κ2) is 5.07. The lowest BCUT2D eigenvalue weighted by Crippen LogP contribution is -2.24. The molecule has 0 spiro atoms. The lowest BCUT2D eigenvalue weighted by Gasteiger charge is -2.12. The molecule has 0 saturated heterocycles. The Hall–Kier alpha value is -1.41. The van der Waals surface area contributed by atoms with Gasteiger partial charge in [-0.3, -0.25) is 4.98 Å². The third kappa shape index (κ3) is 2.88. The quantitative estimate of drug-likeness (QED) is 0.868. The van der Waals surface area contributed by atoms with Gasteiger partial charge in [0.15, 0.2) is 0 Å². The van der Waals surface area contributed by atoms with Crippen LogP contribution in [0.2, 0.25) is 0 Å². The molecule has 0 bridgehead atoms. The molecule has 0 aliphatic heterocycles. The van der Waals surface area contributed by atoms with E-state index in [1.54, 1.807) is 0 Å². The van der Waals surface area contributed by atoms with Gasteiger partial charge in [-0.2, -0.15) is 0 Å². The van der Waals surface area contributed by atoms with Crippen molar-refractivity contribution in [3.8, 4) is 0 Å². The van der Waals surface area contributed by atoms with Crippen molar-refractivity contribution in [3.63, 3.8) is 0 Å². The Labute approximate surface area is 108 Å². The summed E-state index contributed by atoms with van der Waals surface area (Å²) in [4.78, 5) is 4.52. The van der Waals surface area contributed by atoms with E-state index in [-0.39, 0.29) is 0 Å². The van der Waals surface area contributed by atoms with Crippen LogP contribution in [0.1, 0.15) is 25.3 Å². The van der Waals surface area contributed by atoms with E-state index in [0.29, 0.717) is 5.92 Å². The molecule has 0 amide bonds.